The van der Waals surface area contributed by atoms with E-state index in [1.54, 1.807) is 36.4 Å². The normalized spacial score (nSPS) is 13.2. The first kappa shape index (κ1) is 14.6. The first-order chi connectivity index (χ1) is 10.0. The molecule has 21 heavy (non-hydrogen) atoms. The number of rotatable bonds is 5. The fourth-order valence-corrected chi connectivity index (χ4v) is 1.96. The minimum absolute atomic E-state index is 0.156. The quantitative estimate of drug-likeness (QED) is 0.874. The lowest BCUT2D eigenvalue weighted by molar-refractivity contribution is -0.145. The highest BCUT2D eigenvalue weighted by molar-refractivity contribution is 5.95. The van der Waals surface area contributed by atoms with Crippen molar-refractivity contribution in [3.8, 4) is 0 Å². The summed E-state index contributed by atoms with van der Waals surface area (Å²) >= 11 is 0. The van der Waals surface area contributed by atoms with Gasteiger partial charge in [0.25, 0.3) is 0 Å². The zero-order chi connectivity index (χ0) is 15.3. The van der Waals surface area contributed by atoms with Gasteiger partial charge in [0.2, 0.25) is 11.9 Å². The zero-order valence-corrected chi connectivity index (χ0v) is 11.5. The third kappa shape index (κ3) is 3.42. The first-order valence-corrected chi connectivity index (χ1v) is 6.38. The molecule has 1 aromatic heterocycles. The molecule has 1 amide bonds. The summed E-state index contributed by atoms with van der Waals surface area (Å²) < 4.78 is 0. The Morgan fingerprint density at radius 1 is 1.14 bits per heavy atom. The maximum absolute atomic E-state index is 12.1. The van der Waals surface area contributed by atoms with Crippen LogP contribution < -0.4 is 5.32 Å². The standard InChI is InChI=1S/C15H15N3O3/c1-15(13(20)21,11-6-3-2-4-7-11)10-12(19)18-14-16-8-5-9-17-14/h2-9H,10H2,1H3,(H,20,21)(H,16,17,18,19). The molecule has 2 N–H and O–H groups in total. The van der Waals surface area contributed by atoms with Gasteiger partial charge in [-0.25, -0.2) is 9.97 Å². The second kappa shape index (κ2) is 6.13. The summed E-state index contributed by atoms with van der Waals surface area (Å²) in [6, 6.07) is 10.3. The molecule has 1 heterocycles. The van der Waals surface area contributed by atoms with Crippen molar-refractivity contribution in [1.29, 1.82) is 0 Å². The molecule has 2 rings (SSSR count). The predicted molar refractivity (Wildman–Crippen MR) is 76.7 cm³/mol. The van der Waals surface area contributed by atoms with Crippen LogP contribution in [0.4, 0.5) is 5.95 Å². The predicted octanol–water partition coefficient (Wildman–Crippen LogP) is 1.85. The third-order valence-corrected chi connectivity index (χ3v) is 3.21. The molecule has 6 nitrogen and oxygen atoms in total. The highest BCUT2D eigenvalue weighted by atomic mass is 16.4. The number of aromatic nitrogens is 2. The number of nitrogens with one attached hydrogen (secondary N) is 1. The number of hydrogen-bond donors (Lipinski definition) is 2. The topological polar surface area (TPSA) is 92.2 Å². The number of carboxylic acid groups (broad SMARTS) is 1. The smallest absolute Gasteiger partial charge is 0.314 e. The minimum atomic E-state index is -1.31. The van der Waals surface area contributed by atoms with Gasteiger partial charge in [-0.3, -0.25) is 14.9 Å². The van der Waals surface area contributed by atoms with Crippen LogP contribution in [0.5, 0.6) is 0 Å². The Balaban J connectivity index is 2.17. The SMILES string of the molecule is CC(CC(=O)Nc1ncccn1)(C(=O)O)c1ccccc1. The number of carbonyl (C=O) groups is 2. The monoisotopic (exact) mass is 285 g/mol. The summed E-state index contributed by atoms with van der Waals surface area (Å²) in [5.41, 5.74) is -0.734. The van der Waals surface area contributed by atoms with Gasteiger partial charge in [-0.05, 0) is 18.6 Å². The number of benzene rings is 1. The second-order valence-corrected chi connectivity index (χ2v) is 4.80. The molecular formula is C15H15N3O3. The fraction of sp³-hybridized carbons (Fsp3) is 0.200. The van der Waals surface area contributed by atoms with Crippen molar-refractivity contribution < 1.29 is 14.7 Å². The molecule has 0 aliphatic rings. The average Bonchev–Trinajstić information content (AvgIpc) is 2.48. The van der Waals surface area contributed by atoms with Gasteiger partial charge in [-0.15, -0.1) is 0 Å². The number of carboxylic acids is 1. The van der Waals surface area contributed by atoms with E-state index in [1.807, 2.05) is 0 Å². The van der Waals surface area contributed by atoms with Crippen LogP contribution in [0.2, 0.25) is 0 Å². The van der Waals surface area contributed by atoms with Crippen LogP contribution in [0.15, 0.2) is 48.8 Å². The van der Waals surface area contributed by atoms with Crippen LogP contribution in [0.3, 0.4) is 0 Å². The van der Waals surface area contributed by atoms with Crippen LogP contribution in [0.25, 0.3) is 0 Å². The maximum Gasteiger partial charge on any atom is 0.314 e. The lowest BCUT2D eigenvalue weighted by Gasteiger charge is -2.24. The molecule has 0 spiro atoms. The van der Waals surface area contributed by atoms with Gasteiger partial charge in [0, 0.05) is 18.8 Å². The van der Waals surface area contributed by atoms with E-state index in [0.717, 1.165) is 0 Å². The molecule has 0 bridgehead atoms. The van der Waals surface area contributed by atoms with Crippen molar-refractivity contribution in [1.82, 2.24) is 9.97 Å². The summed E-state index contributed by atoms with van der Waals surface area (Å²) in [7, 11) is 0. The van der Waals surface area contributed by atoms with Crippen molar-refractivity contribution in [2.24, 2.45) is 0 Å². The minimum Gasteiger partial charge on any atom is -0.481 e. The van der Waals surface area contributed by atoms with E-state index >= 15 is 0 Å². The van der Waals surface area contributed by atoms with Crippen molar-refractivity contribution in [2.75, 3.05) is 5.32 Å². The van der Waals surface area contributed by atoms with E-state index in [-0.39, 0.29) is 12.4 Å². The molecule has 0 saturated carbocycles. The van der Waals surface area contributed by atoms with E-state index < -0.39 is 17.3 Å². The molecule has 1 aromatic carbocycles. The Hall–Kier alpha value is -2.76. The lowest BCUT2D eigenvalue weighted by atomic mass is 9.79. The van der Waals surface area contributed by atoms with Gasteiger partial charge in [0.05, 0.1) is 5.41 Å². The average molecular weight is 285 g/mol. The molecule has 0 aliphatic heterocycles. The summed E-state index contributed by atoms with van der Waals surface area (Å²) in [6.45, 7) is 1.52. The third-order valence-electron chi connectivity index (χ3n) is 3.21. The first-order valence-electron chi connectivity index (χ1n) is 6.38. The summed E-state index contributed by atoms with van der Waals surface area (Å²) in [6.07, 6.45) is 2.79. The van der Waals surface area contributed by atoms with Crippen LogP contribution in [-0.2, 0) is 15.0 Å². The zero-order valence-electron chi connectivity index (χ0n) is 11.5. The van der Waals surface area contributed by atoms with E-state index in [2.05, 4.69) is 15.3 Å². The molecule has 0 fully saturated rings. The van der Waals surface area contributed by atoms with Gasteiger partial charge >= 0.3 is 5.97 Å². The number of amides is 1. The Bertz CT molecular complexity index is 631. The highest BCUT2D eigenvalue weighted by Crippen LogP contribution is 2.28. The molecule has 1 atom stereocenters. The molecule has 0 saturated heterocycles. The van der Waals surface area contributed by atoms with Crippen LogP contribution >= 0.6 is 0 Å². The maximum atomic E-state index is 12.1. The lowest BCUT2D eigenvalue weighted by Crippen LogP contribution is -2.36. The number of anilines is 1. The van der Waals surface area contributed by atoms with E-state index in [9.17, 15) is 14.7 Å². The molecule has 108 valence electrons. The second-order valence-electron chi connectivity index (χ2n) is 4.80. The van der Waals surface area contributed by atoms with Gasteiger partial charge < -0.3 is 5.11 Å². The largest absolute Gasteiger partial charge is 0.481 e. The van der Waals surface area contributed by atoms with Crippen LogP contribution in [0, 0.1) is 0 Å². The van der Waals surface area contributed by atoms with Gasteiger partial charge in [0.1, 0.15) is 0 Å². The van der Waals surface area contributed by atoms with Gasteiger partial charge in [-0.2, -0.15) is 0 Å². The Morgan fingerprint density at radius 3 is 2.33 bits per heavy atom. The van der Waals surface area contributed by atoms with Gasteiger partial charge in [0.15, 0.2) is 0 Å². The van der Waals surface area contributed by atoms with E-state index in [4.69, 9.17) is 0 Å². The van der Waals surface area contributed by atoms with Crippen LogP contribution in [0.1, 0.15) is 18.9 Å². The summed E-state index contributed by atoms with van der Waals surface area (Å²) in [5, 5.41) is 12.0. The van der Waals surface area contributed by atoms with Crippen molar-refractivity contribution >= 4 is 17.8 Å². The van der Waals surface area contributed by atoms with Gasteiger partial charge in [-0.1, -0.05) is 30.3 Å². The Labute approximate surface area is 121 Å². The molecule has 1 unspecified atom stereocenters. The summed E-state index contributed by atoms with van der Waals surface area (Å²) in [4.78, 5) is 31.4. The fourth-order valence-electron chi connectivity index (χ4n) is 1.96. The molecular weight excluding hydrogens is 270 g/mol. The molecule has 0 aliphatic carbocycles. The Kier molecular flexibility index (Phi) is 4.27. The highest BCUT2D eigenvalue weighted by Gasteiger charge is 2.37. The van der Waals surface area contributed by atoms with Crippen LogP contribution in [-0.4, -0.2) is 27.0 Å². The summed E-state index contributed by atoms with van der Waals surface area (Å²) in [5.74, 6) is -1.35. The number of carbonyl (C=O) groups excluding carboxylic acids is 1. The number of aliphatic carboxylic acids is 1. The van der Waals surface area contributed by atoms with Crippen molar-refractivity contribution in [2.45, 2.75) is 18.8 Å². The number of nitrogens with zero attached hydrogens (tertiary/aromatic N) is 2. The molecule has 0 radical (unpaired) electrons. The molecule has 6 heteroatoms. The Morgan fingerprint density at radius 2 is 1.76 bits per heavy atom. The van der Waals surface area contributed by atoms with E-state index in [0.29, 0.717) is 5.56 Å². The number of hydrogen-bond acceptors (Lipinski definition) is 4. The molecule has 2 aromatic rings. The van der Waals surface area contributed by atoms with E-state index in [1.165, 1.54) is 19.3 Å². The van der Waals surface area contributed by atoms with Crippen molar-refractivity contribution in [3.63, 3.8) is 0 Å². The van der Waals surface area contributed by atoms with Crippen molar-refractivity contribution in [3.05, 3.63) is 54.4 Å².